The van der Waals surface area contributed by atoms with Gasteiger partial charge in [0.2, 0.25) is 0 Å². The molecule has 0 radical (unpaired) electrons. The molecule has 0 bridgehead atoms. The van der Waals surface area contributed by atoms with Crippen LogP contribution in [0.1, 0.15) is 34.9 Å². The van der Waals surface area contributed by atoms with Gasteiger partial charge in [0.15, 0.2) is 5.15 Å². The van der Waals surface area contributed by atoms with Gasteiger partial charge in [0, 0.05) is 40.5 Å². The van der Waals surface area contributed by atoms with E-state index in [9.17, 15) is 4.79 Å². The van der Waals surface area contributed by atoms with Gasteiger partial charge in [0.25, 0.3) is 0 Å². The number of pyridine rings is 1. The highest BCUT2D eigenvalue weighted by Gasteiger charge is 2.35. The molecule has 8 heteroatoms. The highest BCUT2D eigenvalue weighted by molar-refractivity contribution is 6.33. The first-order chi connectivity index (χ1) is 20.0. The van der Waals surface area contributed by atoms with Crippen molar-refractivity contribution in [1.82, 2.24) is 19.4 Å². The molecule has 7 nitrogen and oxygen atoms in total. The maximum atomic E-state index is 12.4. The molecule has 0 amide bonds. The zero-order valence-electron chi connectivity index (χ0n) is 22.1. The van der Waals surface area contributed by atoms with Gasteiger partial charge in [-0.05, 0) is 55.2 Å². The van der Waals surface area contributed by atoms with Crippen molar-refractivity contribution in [3.05, 3.63) is 114 Å². The molecule has 6 aromatic rings. The van der Waals surface area contributed by atoms with Crippen LogP contribution in [-0.4, -0.2) is 31.9 Å². The van der Waals surface area contributed by atoms with Crippen molar-refractivity contribution in [2.45, 2.75) is 18.8 Å². The molecular weight excluding hydrogens is 534 g/mol. The van der Waals surface area contributed by atoms with Gasteiger partial charge >= 0.3 is 5.97 Å². The Morgan fingerprint density at radius 1 is 0.951 bits per heavy atom. The van der Waals surface area contributed by atoms with Crippen LogP contribution in [-0.2, 0) is 4.74 Å². The summed E-state index contributed by atoms with van der Waals surface area (Å²) >= 11 is 6.64. The summed E-state index contributed by atoms with van der Waals surface area (Å²) in [5.74, 6) is 1.09. The number of hydrogen-bond donors (Lipinski definition) is 1. The summed E-state index contributed by atoms with van der Waals surface area (Å²) in [6.45, 7) is 0.373. The number of benzene rings is 3. The minimum atomic E-state index is -0.333. The predicted octanol–water partition coefficient (Wildman–Crippen LogP) is 7.20. The number of hydrogen-bond acceptors (Lipinski definition) is 6. The highest BCUT2D eigenvalue weighted by atomic mass is 35.5. The number of carbonyl (C=O) groups is 1. The Morgan fingerprint density at radius 2 is 1.73 bits per heavy atom. The largest absolute Gasteiger partial charge is 0.462 e. The smallest absolute Gasteiger partial charge is 0.338 e. The summed E-state index contributed by atoms with van der Waals surface area (Å²) in [6, 6.07) is 27.2. The van der Waals surface area contributed by atoms with Crippen LogP contribution in [0.25, 0.3) is 38.9 Å². The molecule has 0 aliphatic heterocycles. The molecule has 1 aliphatic carbocycles. The van der Waals surface area contributed by atoms with Gasteiger partial charge < -0.3 is 10.5 Å². The second kappa shape index (κ2) is 10.3. The Balaban J connectivity index is 1.15. The molecular formula is C33H26ClN5O2. The van der Waals surface area contributed by atoms with E-state index in [1.54, 1.807) is 30.5 Å². The van der Waals surface area contributed by atoms with E-state index in [4.69, 9.17) is 32.0 Å². The van der Waals surface area contributed by atoms with Crippen molar-refractivity contribution in [3.63, 3.8) is 0 Å². The van der Waals surface area contributed by atoms with Crippen LogP contribution in [0.4, 0.5) is 5.69 Å². The molecule has 202 valence electrons. The van der Waals surface area contributed by atoms with E-state index in [2.05, 4.69) is 41.4 Å². The number of rotatable bonds is 6. The highest BCUT2D eigenvalue weighted by Crippen LogP contribution is 2.43. The Kier molecular flexibility index (Phi) is 6.36. The van der Waals surface area contributed by atoms with Crippen molar-refractivity contribution in [1.29, 1.82) is 0 Å². The Labute approximate surface area is 241 Å². The molecule has 2 N–H and O–H groups in total. The number of ether oxygens (including phenoxy) is 1. The molecule has 1 aliphatic rings. The number of carbonyl (C=O) groups excluding carboxylic acids is 1. The number of nitrogen functional groups attached to an aromatic ring is 1. The number of halogens is 1. The van der Waals surface area contributed by atoms with Crippen LogP contribution >= 0.6 is 11.6 Å². The van der Waals surface area contributed by atoms with E-state index in [1.807, 2.05) is 34.9 Å². The van der Waals surface area contributed by atoms with Gasteiger partial charge in [-0.15, -0.1) is 0 Å². The second-order valence-corrected chi connectivity index (χ2v) is 10.8. The van der Waals surface area contributed by atoms with Crippen LogP contribution < -0.4 is 5.73 Å². The topological polar surface area (TPSA) is 95.4 Å². The Morgan fingerprint density at radius 3 is 2.54 bits per heavy atom. The zero-order chi connectivity index (χ0) is 27.9. The number of anilines is 1. The summed E-state index contributed by atoms with van der Waals surface area (Å²) in [5.41, 5.74) is 12.2. The minimum absolute atomic E-state index is 0.221. The third-order valence-electron chi connectivity index (χ3n) is 7.77. The molecule has 0 unspecified atom stereocenters. The van der Waals surface area contributed by atoms with Gasteiger partial charge in [-0.3, -0.25) is 4.40 Å². The quantitative estimate of drug-likeness (QED) is 0.171. The molecule has 7 rings (SSSR count). The van der Waals surface area contributed by atoms with Crippen LogP contribution in [0.2, 0.25) is 5.15 Å². The van der Waals surface area contributed by atoms with E-state index in [1.165, 1.54) is 0 Å². The molecule has 0 atom stereocenters. The lowest BCUT2D eigenvalue weighted by Gasteiger charge is -2.34. The zero-order valence-corrected chi connectivity index (χ0v) is 22.8. The summed E-state index contributed by atoms with van der Waals surface area (Å²) in [6.07, 6.45) is 5.34. The number of nitrogens with zero attached hydrogens (tertiary/aromatic N) is 4. The molecule has 0 spiro atoms. The van der Waals surface area contributed by atoms with Crippen LogP contribution in [0.15, 0.2) is 97.3 Å². The minimum Gasteiger partial charge on any atom is -0.462 e. The van der Waals surface area contributed by atoms with E-state index < -0.39 is 0 Å². The van der Waals surface area contributed by atoms with Crippen molar-refractivity contribution in [3.8, 4) is 22.5 Å². The summed E-state index contributed by atoms with van der Waals surface area (Å²) in [5, 5.41) is 1.46. The maximum Gasteiger partial charge on any atom is 0.338 e. The monoisotopic (exact) mass is 559 g/mol. The third-order valence-corrected chi connectivity index (χ3v) is 8.05. The van der Waals surface area contributed by atoms with Crippen molar-refractivity contribution < 1.29 is 9.53 Å². The van der Waals surface area contributed by atoms with E-state index in [-0.39, 0.29) is 17.8 Å². The molecule has 1 fully saturated rings. The number of aromatic nitrogens is 4. The molecule has 41 heavy (non-hydrogen) atoms. The molecule has 3 aromatic heterocycles. The average Bonchev–Trinajstić information content (AvgIpc) is 3.37. The maximum absolute atomic E-state index is 12.4. The van der Waals surface area contributed by atoms with Crippen LogP contribution in [0.3, 0.4) is 0 Å². The van der Waals surface area contributed by atoms with Gasteiger partial charge in [-0.2, -0.15) is 0 Å². The molecule has 0 saturated heterocycles. The number of nitrogens with two attached hydrogens (primary N) is 1. The molecule has 3 aromatic carbocycles. The normalized spacial score (nSPS) is 16.5. The van der Waals surface area contributed by atoms with E-state index in [0.29, 0.717) is 23.0 Å². The van der Waals surface area contributed by atoms with Gasteiger partial charge in [-0.25, -0.2) is 19.7 Å². The fourth-order valence-corrected chi connectivity index (χ4v) is 5.76. The number of fused-ring (bicyclic) bond motifs is 2. The molecule has 1 saturated carbocycles. The average molecular weight is 560 g/mol. The number of imidazole rings is 1. The fourth-order valence-electron chi connectivity index (χ4n) is 5.53. The lowest BCUT2D eigenvalue weighted by Crippen LogP contribution is -2.28. The second-order valence-electron chi connectivity index (χ2n) is 10.5. The lowest BCUT2D eigenvalue weighted by molar-refractivity contribution is 0.0341. The number of esters is 1. The van der Waals surface area contributed by atoms with Crippen molar-refractivity contribution >= 4 is 39.7 Å². The summed E-state index contributed by atoms with van der Waals surface area (Å²) in [4.78, 5) is 26.8. The Bertz CT molecular complexity index is 1900. The fraction of sp³-hybridized carbons (Fsp3) is 0.152. The van der Waals surface area contributed by atoms with Gasteiger partial charge in [-0.1, -0.05) is 60.1 Å². The molecule has 3 heterocycles. The summed E-state index contributed by atoms with van der Waals surface area (Å²) in [7, 11) is 0. The Hall–Kier alpha value is -4.75. The summed E-state index contributed by atoms with van der Waals surface area (Å²) < 4.78 is 7.62. The standard InChI is InChI=1S/C33H26ClN5O2/c34-31-30-29(24-7-6-22-10-13-27(37-28(22)18-24)21-4-2-1-3-5-21)38-32(39(30)15-14-36-31)25-16-20(17-25)19-41-33(40)23-8-11-26(35)12-9-23/h1-15,18,20,25H,16-17,19,35H2. The van der Waals surface area contributed by atoms with E-state index >= 15 is 0 Å². The van der Waals surface area contributed by atoms with Crippen LogP contribution in [0, 0.1) is 5.92 Å². The van der Waals surface area contributed by atoms with Gasteiger partial charge in [0.1, 0.15) is 11.3 Å². The van der Waals surface area contributed by atoms with Crippen LogP contribution in [0.5, 0.6) is 0 Å². The first-order valence-electron chi connectivity index (χ1n) is 13.6. The van der Waals surface area contributed by atoms with Gasteiger partial charge in [0.05, 0.1) is 29.1 Å². The van der Waals surface area contributed by atoms with Crippen molar-refractivity contribution in [2.24, 2.45) is 5.92 Å². The van der Waals surface area contributed by atoms with E-state index in [0.717, 1.165) is 57.6 Å². The first kappa shape index (κ1) is 25.2. The van der Waals surface area contributed by atoms with Crippen molar-refractivity contribution in [2.75, 3.05) is 12.3 Å². The first-order valence-corrected chi connectivity index (χ1v) is 13.9. The SMILES string of the molecule is Nc1ccc(C(=O)OCC2CC(c3nc(-c4ccc5ccc(-c6ccccc6)nc5c4)c4c(Cl)nccn34)C2)cc1. The predicted molar refractivity (Wildman–Crippen MR) is 161 cm³/mol. The lowest BCUT2D eigenvalue weighted by atomic mass is 9.75. The third kappa shape index (κ3) is 4.78.